The monoisotopic (exact) mass is 874 g/mol. The van der Waals surface area contributed by atoms with Crippen molar-refractivity contribution in [2.45, 2.75) is 90.8 Å². The second kappa shape index (κ2) is 21.7. The summed E-state index contributed by atoms with van der Waals surface area (Å²) in [4.78, 5) is 0. The van der Waals surface area contributed by atoms with Crippen molar-refractivity contribution in [1.82, 2.24) is 0 Å². The fourth-order valence-corrected chi connectivity index (χ4v) is 7.31. The highest BCUT2D eigenvalue weighted by Crippen LogP contribution is 2.35. The van der Waals surface area contributed by atoms with Gasteiger partial charge in [0.25, 0.3) is 0 Å². The molecule has 0 unspecified atom stereocenters. The molecule has 0 fully saturated rings. The lowest BCUT2D eigenvalue weighted by atomic mass is 9.97. The Morgan fingerprint density at radius 3 is 1.14 bits per heavy atom. The predicted molar refractivity (Wildman–Crippen MR) is 231 cm³/mol. The number of halogens is 8. The quantitative estimate of drug-likeness (QED) is 0.0715. The molecule has 6 rings (SSSR count). The van der Waals surface area contributed by atoms with Gasteiger partial charge < -0.3 is 14.2 Å². The largest absolute Gasteiger partial charge is 0.457 e. The van der Waals surface area contributed by atoms with E-state index in [2.05, 4.69) is 13.8 Å². The van der Waals surface area contributed by atoms with E-state index in [1.165, 1.54) is 0 Å². The summed E-state index contributed by atoms with van der Waals surface area (Å²) in [6.07, 6.45) is -2.89. The van der Waals surface area contributed by atoms with E-state index in [4.69, 9.17) is 14.2 Å². The molecule has 0 aromatic heterocycles. The first-order chi connectivity index (χ1) is 30.2. The first-order valence-corrected chi connectivity index (χ1v) is 21.1. The van der Waals surface area contributed by atoms with Crippen LogP contribution in [0, 0.1) is 11.6 Å². The van der Waals surface area contributed by atoms with E-state index in [1.807, 2.05) is 60.7 Å². The van der Waals surface area contributed by atoms with Crippen LogP contribution in [0.5, 0.6) is 11.5 Å². The summed E-state index contributed by atoms with van der Waals surface area (Å²) in [5, 5.41) is 0. The van der Waals surface area contributed by atoms with Gasteiger partial charge in [-0.2, -0.15) is 26.3 Å². The molecule has 0 spiro atoms. The molecule has 0 bridgehead atoms. The number of unbranched alkanes of at least 4 members (excludes halogenated alkanes) is 2. The van der Waals surface area contributed by atoms with Crippen LogP contribution in [-0.4, -0.2) is 25.6 Å². The van der Waals surface area contributed by atoms with E-state index < -0.39 is 25.6 Å². The molecule has 332 valence electrons. The van der Waals surface area contributed by atoms with Gasteiger partial charge in [0.2, 0.25) is 0 Å². The zero-order valence-electron chi connectivity index (χ0n) is 35.3. The first kappa shape index (κ1) is 47.0. The lowest BCUT2D eigenvalue weighted by molar-refractivity contribution is -0.177. The average Bonchev–Trinajstić information content (AvgIpc) is 3.24. The Kier molecular flexibility index (Phi) is 16.2. The van der Waals surface area contributed by atoms with Crippen molar-refractivity contribution in [1.29, 1.82) is 0 Å². The van der Waals surface area contributed by atoms with Crippen LogP contribution in [0.15, 0.2) is 121 Å². The topological polar surface area (TPSA) is 27.7 Å². The number of aryl methyl sites for hydroxylation is 2. The Morgan fingerprint density at radius 2 is 0.794 bits per heavy atom. The van der Waals surface area contributed by atoms with Gasteiger partial charge in [-0.3, -0.25) is 0 Å². The van der Waals surface area contributed by atoms with Crippen molar-refractivity contribution in [2.75, 3.05) is 13.2 Å². The van der Waals surface area contributed by atoms with Gasteiger partial charge in [0.05, 0.1) is 13.2 Å². The molecule has 0 amide bonds. The van der Waals surface area contributed by atoms with Gasteiger partial charge >= 0.3 is 12.4 Å². The molecule has 0 radical (unpaired) electrons. The van der Waals surface area contributed by atoms with Gasteiger partial charge in [0.1, 0.15) is 36.3 Å². The third kappa shape index (κ3) is 14.2. The van der Waals surface area contributed by atoms with Crippen LogP contribution in [0.3, 0.4) is 0 Å². The number of rotatable bonds is 20. The molecule has 0 atom stereocenters. The lowest BCUT2D eigenvalue weighted by Gasteiger charge is -2.18. The third-order valence-electron chi connectivity index (χ3n) is 10.6. The maximum absolute atomic E-state index is 15.2. The van der Waals surface area contributed by atoms with E-state index in [9.17, 15) is 26.3 Å². The minimum atomic E-state index is -4.50. The number of benzene rings is 6. The van der Waals surface area contributed by atoms with Gasteiger partial charge in [0.15, 0.2) is 0 Å². The maximum Gasteiger partial charge on any atom is 0.411 e. The highest BCUT2D eigenvalue weighted by molar-refractivity contribution is 5.66. The molecule has 6 aromatic carbocycles. The van der Waals surface area contributed by atoms with E-state index in [0.717, 1.165) is 60.8 Å². The molecule has 3 nitrogen and oxygen atoms in total. The molecule has 0 saturated heterocycles. The molecule has 0 aliphatic rings. The van der Waals surface area contributed by atoms with E-state index in [1.54, 1.807) is 60.7 Å². The Hall–Kier alpha value is -5.52. The molecular formula is C52H50F8O3. The van der Waals surface area contributed by atoms with E-state index in [0.29, 0.717) is 56.0 Å². The predicted octanol–water partition coefficient (Wildman–Crippen LogP) is 15.1. The van der Waals surface area contributed by atoms with Crippen LogP contribution in [0.1, 0.15) is 84.0 Å². The smallest absolute Gasteiger partial charge is 0.411 e. The molecule has 0 aliphatic carbocycles. The summed E-state index contributed by atoms with van der Waals surface area (Å²) < 4.78 is 125. The summed E-state index contributed by atoms with van der Waals surface area (Å²) in [5.41, 5.74) is 8.02. The highest BCUT2D eigenvalue weighted by Gasteiger charge is 2.28. The normalized spacial score (nSPS) is 11.9. The highest BCUT2D eigenvalue weighted by atomic mass is 19.4. The standard InChI is InChI=1S/C52H50F8O3/c1-3-5-7-35-13-21-45(47(53)29-35)41-17-9-37(10-18-41)25-43-27-39(31-61-33-51(55,56)57)15-23-49(43)63-50-24-16-40(32-62-34-52(58,59)60)28-44(50)26-38-11-19-42(20-12-38)46-22-14-36(8-6-4-2)30-48(46)54/h9-24,27-30H,3-8,25-26,31-34H2,1-2H3. The summed E-state index contributed by atoms with van der Waals surface area (Å²) in [7, 11) is 0. The lowest BCUT2D eigenvalue weighted by Crippen LogP contribution is -2.16. The van der Waals surface area contributed by atoms with Gasteiger partial charge in [-0.25, -0.2) is 8.78 Å². The minimum absolute atomic E-state index is 0.289. The zero-order chi connectivity index (χ0) is 45.0. The zero-order valence-corrected chi connectivity index (χ0v) is 35.3. The van der Waals surface area contributed by atoms with Crippen LogP contribution < -0.4 is 4.74 Å². The summed E-state index contributed by atoms with van der Waals surface area (Å²) in [5.74, 6) is 0.153. The first-order valence-electron chi connectivity index (χ1n) is 21.1. The van der Waals surface area contributed by atoms with E-state index in [-0.39, 0.29) is 37.7 Å². The van der Waals surface area contributed by atoms with Gasteiger partial charge in [-0.15, -0.1) is 0 Å². The molecular weight excluding hydrogens is 825 g/mol. The van der Waals surface area contributed by atoms with Gasteiger partial charge in [0, 0.05) is 24.0 Å². The van der Waals surface area contributed by atoms with Crippen molar-refractivity contribution in [3.05, 3.63) is 177 Å². The van der Waals surface area contributed by atoms with Crippen LogP contribution in [-0.2, 0) is 48.4 Å². The molecule has 0 N–H and O–H groups in total. The van der Waals surface area contributed by atoms with Crippen molar-refractivity contribution in [3.63, 3.8) is 0 Å². The van der Waals surface area contributed by atoms with Gasteiger partial charge in [-0.05, 0) is 118 Å². The molecule has 11 heteroatoms. The average molecular weight is 875 g/mol. The van der Waals surface area contributed by atoms with Crippen LogP contribution >= 0.6 is 0 Å². The SMILES string of the molecule is CCCCc1ccc(-c2ccc(Cc3cc(COCC(F)(F)F)ccc3Oc3ccc(COCC(F)(F)F)cc3Cc3ccc(-c4ccc(CCCC)cc4F)cc3)cc2)c(F)c1. The Balaban J connectivity index is 1.28. The van der Waals surface area contributed by atoms with Crippen molar-refractivity contribution in [3.8, 4) is 33.8 Å². The molecule has 6 aromatic rings. The Bertz CT molecular complexity index is 2240. The van der Waals surface area contributed by atoms with Crippen molar-refractivity contribution >= 4 is 0 Å². The second-order valence-corrected chi connectivity index (χ2v) is 15.8. The number of hydrogen-bond acceptors (Lipinski definition) is 3. The summed E-state index contributed by atoms with van der Waals surface area (Å²) in [6.45, 7) is 0.725. The van der Waals surface area contributed by atoms with Crippen LogP contribution in [0.2, 0.25) is 0 Å². The fraction of sp³-hybridized carbons (Fsp3) is 0.308. The number of alkyl halides is 6. The minimum Gasteiger partial charge on any atom is -0.457 e. The summed E-state index contributed by atoms with van der Waals surface area (Å²) >= 11 is 0. The van der Waals surface area contributed by atoms with Crippen molar-refractivity contribution < 1.29 is 49.3 Å². The fourth-order valence-electron chi connectivity index (χ4n) is 7.31. The Labute approximate surface area is 363 Å². The van der Waals surface area contributed by atoms with Crippen LogP contribution in [0.25, 0.3) is 22.3 Å². The van der Waals surface area contributed by atoms with Crippen molar-refractivity contribution in [2.24, 2.45) is 0 Å². The summed E-state index contributed by atoms with van der Waals surface area (Å²) in [6, 6.07) is 35.2. The number of ether oxygens (including phenoxy) is 3. The Morgan fingerprint density at radius 1 is 0.429 bits per heavy atom. The van der Waals surface area contributed by atoms with E-state index >= 15 is 8.78 Å². The maximum atomic E-state index is 15.2. The molecule has 63 heavy (non-hydrogen) atoms. The second-order valence-electron chi connectivity index (χ2n) is 15.8. The third-order valence-corrected chi connectivity index (χ3v) is 10.6. The molecule has 0 saturated carbocycles. The molecule has 0 aliphatic heterocycles. The van der Waals surface area contributed by atoms with Crippen LogP contribution in [0.4, 0.5) is 35.1 Å². The molecule has 0 heterocycles. The number of hydrogen-bond donors (Lipinski definition) is 0. The van der Waals surface area contributed by atoms with Gasteiger partial charge in [-0.1, -0.05) is 112 Å².